The quantitative estimate of drug-likeness (QED) is 0.732. The van der Waals surface area contributed by atoms with Crippen LogP contribution in [0.15, 0.2) is 30.6 Å². The van der Waals surface area contributed by atoms with Crippen molar-refractivity contribution in [3.63, 3.8) is 0 Å². The highest BCUT2D eigenvalue weighted by Crippen LogP contribution is 2.20. The van der Waals surface area contributed by atoms with Gasteiger partial charge in [0.05, 0.1) is 0 Å². The highest BCUT2D eigenvalue weighted by atomic mass is 16.2. The fourth-order valence-electron chi connectivity index (χ4n) is 1.56. The predicted molar refractivity (Wildman–Crippen MR) is 62.9 cm³/mol. The maximum atomic E-state index is 11.2. The molecule has 0 aliphatic carbocycles. The molecule has 2 rings (SSSR count). The number of nitrogens with two attached hydrogens (primary N) is 2. The van der Waals surface area contributed by atoms with Crippen molar-refractivity contribution >= 4 is 29.0 Å². The molecule has 2 aromatic heterocycles. The minimum atomic E-state index is -0.632. The molecule has 0 saturated heterocycles. The van der Waals surface area contributed by atoms with Crippen LogP contribution in [0.2, 0.25) is 0 Å². The molecule has 0 radical (unpaired) electrons. The summed E-state index contributed by atoms with van der Waals surface area (Å²) in [5, 5.41) is 0.726. The van der Waals surface area contributed by atoms with Crippen LogP contribution in [0.3, 0.4) is 0 Å². The second-order valence-corrected chi connectivity index (χ2v) is 3.40. The first-order valence-corrected chi connectivity index (χ1v) is 4.83. The molecule has 0 aromatic carbocycles. The van der Waals surface area contributed by atoms with E-state index in [1.54, 1.807) is 18.3 Å². The molecule has 0 aliphatic heterocycles. The summed E-state index contributed by atoms with van der Waals surface area (Å²) in [4.78, 5) is 25.9. The Hall–Kier alpha value is -2.63. The average molecular weight is 230 g/mol. The van der Waals surface area contributed by atoms with Gasteiger partial charge in [0.25, 0.3) is 0 Å². The summed E-state index contributed by atoms with van der Waals surface area (Å²) in [6, 6.07) is 2.88. The summed E-state index contributed by atoms with van der Waals surface area (Å²) < 4.78 is 1.22. The Balaban J connectivity index is 2.64. The van der Waals surface area contributed by atoms with Gasteiger partial charge in [-0.25, -0.2) is 9.78 Å². The van der Waals surface area contributed by atoms with Crippen molar-refractivity contribution in [3.8, 4) is 0 Å². The molecule has 0 fully saturated rings. The van der Waals surface area contributed by atoms with E-state index in [1.165, 1.54) is 22.9 Å². The van der Waals surface area contributed by atoms with Crippen LogP contribution in [-0.2, 0) is 4.79 Å². The van der Waals surface area contributed by atoms with E-state index in [-0.39, 0.29) is 0 Å². The third-order valence-corrected chi connectivity index (χ3v) is 2.26. The smallest absolute Gasteiger partial charge is 0.324 e. The van der Waals surface area contributed by atoms with E-state index in [4.69, 9.17) is 11.5 Å². The number of carbonyl (C=O) groups is 2. The van der Waals surface area contributed by atoms with E-state index in [9.17, 15) is 9.59 Å². The van der Waals surface area contributed by atoms with E-state index in [0.717, 1.165) is 5.39 Å². The molecule has 2 heterocycles. The molecule has 2 aromatic rings. The number of hydrogen-bond donors (Lipinski definition) is 2. The lowest BCUT2D eigenvalue weighted by molar-refractivity contribution is -0.113. The van der Waals surface area contributed by atoms with Crippen molar-refractivity contribution in [1.82, 2.24) is 9.55 Å². The second kappa shape index (κ2) is 4.09. The second-order valence-electron chi connectivity index (χ2n) is 3.40. The number of hydrogen-bond acceptors (Lipinski definition) is 3. The van der Waals surface area contributed by atoms with Crippen molar-refractivity contribution < 1.29 is 9.59 Å². The average Bonchev–Trinajstić information content (AvgIpc) is 2.65. The third kappa shape index (κ3) is 2.00. The zero-order chi connectivity index (χ0) is 12.4. The van der Waals surface area contributed by atoms with Gasteiger partial charge in [0.1, 0.15) is 5.65 Å². The first-order valence-electron chi connectivity index (χ1n) is 4.83. The van der Waals surface area contributed by atoms with Crippen molar-refractivity contribution in [2.75, 3.05) is 0 Å². The van der Waals surface area contributed by atoms with Gasteiger partial charge in [-0.05, 0) is 18.2 Å². The highest BCUT2D eigenvalue weighted by Gasteiger charge is 2.10. The molecular weight excluding hydrogens is 220 g/mol. The number of carbonyl (C=O) groups excluding carboxylic acids is 2. The molecular formula is C11H10N4O2. The molecule has 6 nitrogen and oxygen atoms in total. The summed E-state index contributed by atoms with van der Waals surface area (Å²) >= 11 is 0. The van der Waals surface area contributed by atoms with E-state index in [0.29, 0.717) is 11.2 Å². The molecule has 86 valence electrons. The monoisotopic (exact) mass is 230 g/mol. The largest absolute Gasteiger partial charge is 0.366 e. The number of pyridine rings is 1. The van der Waals surface area contributed by atoms with E-state index in [1.807, 2.05) is 0 Å². The van der Waals surface area contributed by atoms with E-state index in [2.05, 4.69) is 4.98 Å². The molecule has 4 N–H and O–H groups in total. The Bertz CT molecular complexity index is 627. The first kappa shape index (κ1) is 10.9. The van der Waals surface area contributed by atoms with Gasteiger partial charge in [-0.3, -0.25) is 9.36 Å². The van der Waals surface area contributed by atoms with Gasteiger partial charge in [-0.1, -0.05) is 0 Å². The van der Waals surface area contributed by atoms with Crippen molar-refractivity contribution in [1.29, 1.82) is 0 Å². The lowest BCUT2D eigenvalue weighted by Crippen LogP contribution is -2.18. The van der Waals surface area contributed by atoms with Crippen LogP contribution >= 0.6 is 0 Å². The van der Waals surface area contributed by atoms with Crippen LogP contribution in [0.1, 0.15) is 5.56 Å². The van der Waals surface area contributed by atoms with Crippen LogP contribution in [0.25, 0.3) is 17.1 Å². The van der Waals surface area contributed by atoms with E-state index < -0.39 is 11.9 Å². The molecule has 0 atom stereocenters. The van der Waals surface area contributed by atoms with Crippen LogP contribution in [0.4, 0.5) is 4.79 Å². The molecule has 0 bridgehead atoms. The molecule has 6 heteroatoms. The van der Waals surface area contributed by atoms with Gasteiger partial charge in [-0.2, -0.15) is 0 Å². The summed E-state index contributed by atoms with van der Waals surface area (Å²) in [7, 11) is 0. The Morgan fingerprint density at radius 3 is 2.76 bits per heavy atom. The SMILES string of the molecule is NC(=O)C=Cc1cn(C(N)=O)c2ncccc12. The lowest BCUT2D eigenvalue weighted by Gasteiger charge is -1.95. The van der Waals surface area contributed by atoms with Gasteiger partial charge in [0.15, 0.2) is 0 Å². The van der Waals surface area contributed by atoms with Crippen molar-refractivity contribution in [2.24, 2.45) is 11.5 Å². The Labute approximate surface area is 96.5 Å². The third-order valence-electron chi connectivity index (χ3n) is 2.26. The zero-order valence-corrected chi connectivity index (χ0v) is 8.83. The Kier molecular flexibility index (Phi) is 2.61. The number of aromatic nitrogens is 2. The van der Waals surface area contributed by atoms with Crippen LogP contribution in [0.5, 0.6) is 0 Å². The van der Waals surface area contributed by atoms with Crippen LogP contribution in [0, 0.1) is 0 Å². The minimum Gasteiger partial charge on any atom is -0.366 e. The first-order chi connectivity index (χ1) is 8.09. The van der Waals surface area contributed by atoms with Gasteiger partial charge in [-0.15, -0.1) is 0 Å². The van der Waals surface area contributed by atoms with Crippen LogP contribution < -0.4 is 11.5 Å². The summed E-state index contributed by atoms with van der Waals surface area (Å²) in [5.74, 6) is -0.561. The zero-order valence-electron chi connectivity index (χ0n) is 8.83. The number of nitrogens with zero attached hydrogens (tertiary/aromatic N) is 2. The maximum absolute atomic E-state index is 11.2. The van der Waals surface area contributed by atoms with Crippen molar-refractivity contribution in [2.45, 2.75) is 0 Å². The summed E-state index contributed by atoms with van der Waals surface area (Å²) in [5.41, 5.74) is 11.3. The number of fused-ring (bicyclic) bond motifs is 1. The van der Waals surface area contributed by atoms with Gasteiger partial charge in [0.2, 0.25) is 5.91 Å². The Morgan fingerprint density at radius 2 is 2.12 bits per heavy atom. The lowest BCUT2D eigenvalue weighted by atomic mass is 10.2. The summed E-state index contributed by atoms with van der Waals surface area (Å²) in [6.45, 7) is 0. The molecule has 17 heavy (non-hydrogen) atoms. The van der Waals surface area contributed by atoms with E-state index >= 15 is 0 Å². The van der Waals surface area contributed by atoms with Gasteiger partial charge >= 0.3 is 6.03 Å². The number of primary amides is 2. The fraction of sp³-hybridized carbons (Fsp3) is 0. The van der Waals surface area contributed by atoms with Crippen LogP contribution in [-0.4, -0.2) is 21.5 Å². The fourth-order valence-corrected chi connectivity index (χ4v) is 1.56. The summed E-state index contributed by atoms with van der Waals surface area (Å²) in [6.07, 6.45) is 5.81. The number of rotatable bonds is 2. The normalized spacial score (nSPS) is 11.1. The van der Waals surface area contributed by atoms with Crippen molar-refractivity contribution in [3.05, 3.63) is 36.2 Å². The minimum absolute atomic E-state index is 0.448. The topological polar surface area (TPSA) is 104 Å². The molecule has 0 spiro atoms. The predicted octanol–water partition coefficient (Wildman–Crippen LogP) is 0.462. The number of amides is 2. The molecule has 0 aliphatic rings. The van der Waals surface area contributed by atoms with Gasteiger partial charge in [0, 0.05) is 29.4 Å². The standard InChI is InChI=1S/C11H10N4O2/c12-9(16)4-3-7-6-15(11(13)17)10-8(7)2-1-5-14-10/h1-6H,(H2,12,16)(H2,13,17). The Morgan fingerprint density at radius 1 is 1.35 bits per heavy atom. The molecule has 0 unspecified atom stereocenters. The maximum Gasteiger partial charge on any atom is 0.324 e. The highest BCUT2D eigenvalue weighted by molar-refractivity contribution is 5.97. The molecule has 0 saturated carbocycles. The molecule has 2 amide bonds. The van der Waals surface area contributed by atoms with Gasteiger partial charge < -0.3 is 11.5 Å².